The zero-order chi connectivity index (χ0) is 23.2. The highest BCUT2D eigenvalue weighted by atomic mass is 19.1. The molecule has 6 heteroatoms. The van der Waals surface area contributed by atoms with Crippen LogP contribution in [-0.2, 0) is 0 Å². The van der Waals surface area contributed by atoms with Crippen LogP contribution in [0.15, 0.2) is 66.7 Å². The molecule has 3 aromatic rings. The molecular formula is C27H25F2N3O. The number of carbonyl (C=O) groups is 1. The first-order chi connectivity index (χ1) is 16.0. The van der Waals surface area contributed by atoms with Crippen molar-refractivity contribution in [2.45, 2.75) is 31.2 Å². The summed E-state index contributed by atoms with van der Waals surface area (Å²) in [6.45, 7) is 1.18. The van der Waals surface area contributed by atoms with Gasteiger partial charge < -0.3 is 10.6 Å². The molecule has 2 N–H and O–H groups in total. The lowest BCUT2D eigenvalue weighted by Crippen LogP contribution is -2.30. The molecule has 0 heterocycles. The smallest absolute Gasteiger partial charge is 0.251 e. The normalized spacial score (nSPS) is 13.8. The Kier molecular flexibility index (Phi) is 7.11. The van der Waals surface area contributed by atoms with Crippen molar-refractivity contribution < 1.29 is 13.6 Å². The highest BCUT2D eigenvalue weighted by molar-refractivity contribution is 5.94. The first kappa shape index (κ1) is 22.6. The van der Waals surface area contributed by atoms with E-state index < -0.39 is 17.5 Å². The molecule has 0 spiro atoms. The van der Waals surface area contributed by atoms with Crippen LogP contribution >= 0.6 is 0 Å². The van der Waals surface area contributed by atoms with Gasteiger partial charge >= 0.3 is 0 Å². The number of hydrogen-bond acceptors (Lipinski definition) is 3. The minimum absolute atomic E-state index is 0.0323. The van der Waals surface area contributed by atoms with Crippen LogP contribution in [0.4, 0.5) is 8.78 Å². The quantitative estimate of drug-likeness (QED) is 0.478. The third-order valence-corrected chi connectivity index (χ3v) is 5.84. The molecule has 1 atom stereocenters. The maximum atomic E-state index is 13.5. The van der Waals surface area contributed by atoms with Gasteiger partial charge in [-0.1, -0.05) is 36.4 Å². The number of rotatable bonds is 9. The monoisotopic (exact) mass is 445 g/mol. The molecule has 4 rings (SSSR count). The van der Waals surface area contributed by atoms with E-state index in [1.54, 1.807) is 6.07 Å². The SMILES string of the molecule is N#Cc1cccc(-c2ccc(C(CCNC3CC3)CNC(=O)c3cc(F)cc(F)c3)cc2)c1. The summed E-state index contributed by atoms with van der Waals surface area (Å²) in [7, 11) is 0. The van der Waals surface area contributed by atoms with Gasteiger partial charge in [-0.15, -0.1) is 0 Å². The first-order valence-electron chi connectivity index (χ1n) is 11.1. The predicted octanol–water partition coefficient (Wildman–Crippen LogP) is 5.16. The zero-order valence-electron chi connectivity index (χ0n) is 18.2. The van der Waals surface area contributed by atoms with Gasteiger partial charge in [-0.05, 0) is 66.8 Å². The van der Waals surface area contributed by atoms with Crippen molar-refractivity contribution in [1.82, 2.24) is 10.6 Å². The molecule has 1 aliphatic rings. The Morgan fingerprint density at radius 1 is 1.00 bits per heavy atom. The number of nitriles is 1. The van der Waals surface area contributed by atoms with Gasteiger partial charge in [-0.2, -0.15) is 5.26 Å². The van der Waals surface area contributed by atoms with E-state index in [2.05, 4.69) is 16.7 Å². The van der Waals surface area contributed by atoms with Gasteiger partial charge in [0.15, 0.2) is 0 Å². The van der Waals surface area contributed by atoms with Crippen LogP contribution in [0.5, 0.6) is 0 Å². The summed E-state index contributed by atoms with van der Waals surface area (Å²) in [4.78, 5) is 12.5. The van der Waals surface area contributed by atoms with Crippen LogP contribution in [0, 0.1) is 23.0 Å². The number of nitrogens with zero attached hydrogens (tertiary/aromatic N) is 1. The van der Waals surface area contributed by atoms with Gasteiger partial charge in [0.2, 0.25) is 0 Å². The molecular weight excluding hydrogens is 420 g/mol. The van der Waals surface area contributed by atoms with Crippen molar-refractivity contribution in [3.63, 3.8) is 0 Å². The highest BCUT2D eigenvalue weighted by Crippen LogP contribution is 2.26. The lowest BCUT2D eigenvalue weighted by Gasteiger charge is -2.19. The van der Waals surface area contributed by atoms with E-state index in [4.69, 9.17) is 5.26 Å². The van der Waals surface area contributed by atoms with Gasteiger partial charge in [-0.3, -0.25) is 4.79 Å². The van der Waals surface area contributed by atoms with Crippen molar-refractivity contribution in [2.24, 2.45) is 0 Å². The lowest BCUT2D eigenvalue weighted by atomic mass is 9.93. The largest absolute Gasteiger partial charge is 0.351 e. The number of benzene rings is 3. The third-order valence-electron chi connectivity index (χ3n) is 5.84. The van der Waals surface area contributed by atoms with Gasteiger partial charge in [0.05, 0.1) is 11.6 Å². The Morgan fingerprint density at radius 2 is 1.73 bits per heavy atom. The summed E-state index contributed by atoms with van der Waals surface area (Å²) >= 11 is 0. The fourth-order valence-corrected chi connectivity index (χ4v) is 3.85. The van der Waals surface area contributed by atoms with Crippen LogP contribution in [-0.4, -0.2) is 25.0 Å². The summed E-state index contributed by atoms with van der Waals surface area (Å²) in [6.07, 6.45) is 3.21. The standard InChI is InChI=1S/C27H25F2N3O/c28-24-13-23(14-25(29)15-24)27(33)32-17-22(10-11-31-26-8-9-26)20-6-4-19(5-7-20)21-3-1-2-18(12-21)16-30/h1-7,12-15,22,26,31H,8-11,17H2,(H,32,33). The van der Waals surface area contributed by atoms with Gasteiger partial charge in [0.25, 0.3) is 5.91 Å². The fourth-order valence-electron chi connectivity index (χ4n) is 3.85. The molecule has 1 fully saturated rings. The van der Waals surface area contributed by atoms with E-state index in [-0.39, 0.29) is 11.5 Å². The minimum Gasteiger partial charge on any atom is -0.351 e. The molecule has 1 saturated carbocycles. The Morgan fingerprint density at radius 3 is 2.39 bits per heavy atom. The molecule has 33 heavy (non-hydrogen) atoms. The second kappa shape index (κ2) is 10.4. The van der Waals surface area contributed by atoms with Crippen LogP contribution in [0.25, 0.3) is 11.1 Å². The number of hydrogen-bond donors (Lipinski definition) is 2. The maximum absolute atomic E-state index is 13.5. The summed E-state index contributed by atoms with van der Waals surface area (Å²) < 4.78 is 27.0. The highest BCUT2D eigenvalue weighted by Gasteiger charge is 2.21. The van der Waals surface area contributed by atoms with Crippen molar-refractivity contribution in [1.29, 1.82) is 5.26 Å². The lowest BCUT2D eigenvalue weighted by molar-refractivity contribution is 0.0949. The van der Waals surface area contributed by atoms with Crippen molar-refractivity contribution in [2.75, 3.05) is 13.1 Å². The van der Waals surface area contributed by atoms with Crippen LogP contribution in [0.3, 0.4) is 0 Å². The Hall–Kier alpha value is -3.56. The van der Waals surface area contributed by atoms with Crippen LogP contribution in [0.1, 0.15) is 46.7 Å². The molecule has 4 nitrogen and oxygen atoms in total. The molecule has 1 aliphatic carbocycles. The zero-order valence-corrected chi connectivity index (χ0v) is 18.2. The third kappa shape index (κ3) is 6.24. The van der Waals surface area contributed by atoms with Gasteiger partial charge in [-0.25, -0.2) is 8.78 Å². The topological polar surface area (TPSA) is 64.9 Å². The average molecular weight is 446 g/mol. The van der Waals surface area contributed by atoms with Crippen LogP contribution < -0.4 is 10.6 Å². The summed E-state index contributed by atoms with van der Waals surface area (Å²) in [5.41, 5.74) is 3.62. The van der Waals surface area contributed by atoms with Gasteiger partial charge in [0.1, 0.15) is 11.6 Å². The molecule has 0 radical (unpaired) electrons. The maximum Gasteiger partial charge on any atom is 0.251 e. The number of nitrogens with one attached hydrogen (secondary N) is 2. The average Bonchev–Trinajstić information content (AvgIpc) is 3.65. The van der Waals surface area contributed by atoms with E-state index in [0.717, 1.165) is 47.9 Å². The molecule has 0 bridgehead atoms. The summed E-state index contributed by atoms with van der Waals surface area (Å²) in [5, 5.41) is 15.5. The molecule has 168 valence electrons. The summed E-state index contributed by atoms with van der Waals surface area (Å²) in [5.74, 6) is -2.01. The predicted molar refractivity (Wildman–Crippen MR) is 124 cm³/mol. The molecule has 0 saturated heterocycles. The van der Waals surface area contributed by atoms with Crippen LogP contribution in [0.2, 0.25) is 0 Å². The number of halogens is 2. The van der Waals surface area contributed by atoms with E-state index in [1.165, 1.54) is 12.8 Å². The number of carbonyl (C=O) groups excluding carboxylic acids is 1. The van der Waals surface area contributed by atoms with Crippen molar-refractivity contribution in [3.05, 3.63) is 95.1 Å². The summed E-state index contributed by atoms with van der Waals surface area (Å²) in [6, 6.07) is 21.1. The minimum atomic E-state index is -0.776. The fraction of sp³-hybridized carbons (Fsp3) is 0.259. The van der Waals surface area contributed by atoms with Crippen molar-refractivity contribution in [3.8, 4) is 17.2 Å². The molecule has 1 unspecified atom stereocenters. The molecule has 0 aliphatic heterocycles. The second-order valence-electron chi connectivity index (χ2n) is 8.40. The van der Waals surface area contributed by atoms with E-state index in [0.29, 0.717) is 18.2 Å². The Bertz CT molecular complexity index is 1150. The van der Waals surface area contributed by atoms with E-state index in [1.807, 2.05) is 42.5 Å². The van der Waals surface area contributed by atoms with E-state index in [9.17, 15) is 13.6 Å². The van der Waals surface area contributed by atoms with Crippen molar-refractivity contribution >= 4 is 5.91 Å². The second-order valence-corrected chi connectivity index (χ2v) is 8.40. The number of amides is 1. The van der Waals surface area contributed by atoms with E-state index >= 15 is 0 Å². The Labute approximate surface area is 192 Å². The van der Waals surface area contributed by atoms with Gasteiger partial charge in [0, 0.05) is 30.1 Å². The molecule has 0 aromatic heterocycles. The first-order valence-corrected chi connectivity index (χ1v) is 11.1. The molecule has 3 aromatic carbocycles. The molecule has 1 amide bonds. The Balaban J connectivity index is 1.47.